The van der Waals surface area contributed by atoms with Crippen molar-refractivity contribution in [3.63, 3.8) is 0 Å². The number of aromatic amines is 1. The van der Waals surface area contributed by atoms with Gasteiger partial charge < -0.3 is 24.5 Å². The number of thiophene rings is 1. The number of pyridine rings is 2. The van der Waals surface area contributed by atoms with E-state index in [9.17, 15) is 14.0 Å². The molecule has 0 amide bonds. The van der Waals surface area contributed by atoms with Crippen LogP contribution in [0.25, 0.3) is 32.0 Å². The maximum absolute atomic E-state index is 15.7. The lowest BCUT2D eigenvalue weighted by Crippen LogP contribution is -2.28. The molecule has 5 heterocycles. The van der Waals surface area contributed by atoms with Crippen molar-refractivity contribution in [2.24, 2.45) is 0 Å². The van der Waals surface area contributed by atoms with Gasteiger partial charge in [0.15, 0.2) is 0 Å². The first-order chi connectivity index (χ1) is 26.1. The Morgan fingerprint density at radius 3 is 2.69 bits per heavy atom. The van der Waals surface area contributed by atoms with E-state index in [1.165, 1.54) is 36.8 Å². The molecule has 2 aromatic carbocycles. The van der Waals surface area contributed by atoms with Crippen LogP contribution in [0.1, 0.15) is 70.3 Å². The highest BCUT2D eigenvalue weighted by Gasteiger charge is 2.49. The molecule has 54 heavy (non-hydrogen) atoms. The van der Waals surface area contributed by atoms with Gasteiger partial charge in [-0.15, -0.1) is 16.4 Å². The molecular weight excluding hydrogens is 722 g/mol. The second kappa shape index (κ2) is 14.4. The zero-order valence-corrected chi connectivity index (χ0v) is 30.1. The van der Waals surface area contributed by atoms with E-state index in [0.29, 0.717) is 73.6 Å². The van der Waals surface area contributed by atoms with Gasteiger partial charge in [0.25, 0.3) is 11.8 Å². The second-order valence-electron chi connectivity index (χ2n) is 13.2. The number of benzene rings is 2. The normalized spacial score (nSPS) is 17.5. The largest absolute Gasteiger partial charge is 0.496 e. The van der Waals surface area contributed by atoms with Crippen LogP contribution in [0.3, 0.4) is 0 Å². The molecule has 15 heteroatoms. The minimum Gasteiger partial charge on any atom is -0.496 e. The van der Waals surface area contributed by atoms with Crippen molar-refractivity contribution in [3.8, 4) is 27.6 Å². The number of rotatable bonds is 11. The zero-order valence-electron chi connectivity index (χ0n) is 29.3. The molecule has 2 atom stereocenters. The van der Waals surface area contributed by atoms with Crippen LogP contribution in [0.4, 0.5) is 19.0 Å². The van der Waals surface area contributed by atoms with Crippen LogP contribution in [-0.2, 0) is 24.0 Å². The van der Waals surface area contributed by atoms with Gasteiger partial charge in [0, 0.05) is 28.6 Å². The summed E-state index contributed by atoms with van der Waals surface area (Å²) in [6, 6.07) is 13.1. The molecule has 3 N–H and O–H groups in total. The van der Waals surface area contributed by atoms with Crippen molar-refractivity contribution in [1.82, 2.24) is 25.5 Å². The van der Waals surface area contributed by atoms with Gasteiger partial charge in [-0.25, -0.2) is 32.8 Å². The molecule has 0 bridgehead atoms. The first-order valence-corrected chi connectivity index (χ1v) is 18.4. The van der Waals surface area contributed by atoms with Gasteiger partial charge in [-0.2, -0.15) is 0 Å². The Morgan fingerprint density at radius 2 is 1.96 bits per heavy atom. The van der Waals surface area contributed by atoms with Gasteiger partial charge in [-0.05, 0) is 86.0 Å². The molecule has 11 nitrogen and oxygen atoms in total. The summed E-state index contributed by atoms with van der Waals surface area (Å²) in [4.78, 5) is 36.7. The van der Waals surface area contributed by atoms with E-state index in [-0.39, 0.29) is 35.7 Å². The van der Waals surface area contributed by atoms with Crippen molar-refractivity contribution < 1.29 is 31.9 Å². The number of hydrogen-bond acceptors (Lipinski definition) is 11. The highest BCUT2D eigenvalue weighted by Crippen LogP contribution is 2.50. The standard InChI is InChI=1S/C39H35F3N6O5S/c1-3-52-37(49)31-30(28-18-21-15-17-44-35(33(21)54-28)46-34-23-6-4-8-27(51-2)24(23)19-39(34,41)42)29(36-47-48-38(50)53-36)25(45-32(31)26-7-5-16-43-26)14-11-20-9-12-22(40)13-10-20/h4,6,8-10,12-13,15,17-18,26,34,43H,3,5,7,11,14,16,19H2,1-2H3,(H,44,46)(H,48,50)/t26-,34-/m0/s1. The Kier molecular flexibility index (Phi) is 9.44. The fourth-order valence-electron chi connectivity index (χ4n) is 7.45. The smallest absolute Gasteiger partial charge is 0.434 e. The summed E-state index contributed by atoms with van der Waals surface area (Å²) in [6.45, 7) is 2.51. The number of carbonyl (C=O) groups is 1. The minimum absolute atomic E-state index is 0.0845. The van der Waals surface area contributed by atoms with Crippen molar-refractivity contribution >= 4 is 33.2 Å². The molecular formula is C39H35F3N6O5S. The highest BCUT2D eigenvalue weighted by atomic mass is 32.1. The zero-order chi connectivity index (χ0) is 37.6. The third-order valence-corrected chi connectivity index (χ3v) is 11.1. The SMILES string of the molecule is CCOC(=O)c1c([C@@H]2CCCN2)nc(CCc2ccc(F)cc2)c(-c2n[nH]c(=O)o2)c1-c1cc2ccnc(N[C@H]3c4cccc(OC)c4CC3(F)F)c2s1. The first kappa shape index (κ1) is 35.5. The van der Waals surface area contributed by atoms with Crippen molar-refractivity contribution in [3.05, 3.63) is 111 Å². The molecule has 0 unspecified atom stereocenters. The summed E-state index contributed by atoms with van der Waals surface area (Å²) >= 11 is 1.24. The number of carbonyl (C=O) groups excluding carboxylic acids is 1. The number of aryl methyl sites for hydroxylation is 2. The molecule has 0 saturated carbocycles. The maximum Gasteiger partial charge on any atom is 0.434 e. The number of halogens is 3. The van der Waals surface area contributed by atoms with E-state index >= 15 is 8.78 Å². The molecule has 4 aromatic heterocycles. The number of nitrogens with zero attached hydrogens (tertiary/aromatic N) is 3. The predicted octanol–water partition coefficient (Wildman–Crippen LogP) is 7.58. The minimum atomic E-state index is -3.14. The van der Waals surface area contributed by atoms with E-state index in [2.05, 4.69) is 25.8 Å². The number of methoxy groups -OCH3 is 1. The summed E-state index contributed by atoms with van der Waals surface area (Å²) in [5.41, 5.74) is 3.53. The molecule has 0 radical (unpaired) electrons. The summed E-state index contributed by atoms with van der Waals surface area (Å²) in [7, 11) is 1.46. The van der Waals surface area contributed by atoms with Crippen LogP contribution in [0, 0.1) is 5.82 Å². The number of aromatic nitrogens is 4. The van der Waals surface area contributed by atoms with Gasteiger partial charge in [-0.3, -0.25) is 4.98 Å². The van der Waals surface area contributed by atoms with Gasteiger partial charge >= 0.3 is 11.7 Å². The number of nitrogens with one attached hydrogen (secondary N) is 3. The lowest BCUT2D eigenvalue weighted by atomic mass is 9.91. The maximum atomic E-state index is 15.7. The quantitative estimate of drug-likeness (QED) is 0.113. The van der Waals surface area contributed by atoms with Crippen LogP contribution in [0.2, 0.25) is 0 Å². The van der Waals surface area contributed by atoms with Crippen LogP contribution >= 0.6 is 11.3 Å². The van der Waals surface area contributed by atoms with Gasteiger partial charge in [0.2, 0.25) is 0 Å². The lowest BCUT2D eigenvalue weighted by molar-refractivity contribution is -0.00734. The number of ether oxygens (including phenoxy) is 2. The second-order valence-corrected chi connectivity index (χ2v) is 14.3. The Morgan fingerprint density at radius 1 is 1.13 bits per heavy atom. The molecule has 1 aliphatic carbocycles. The molecule has 1 saturated heterocycles. The Bertz CT molecular complexity index is 2420. The van der Waals surface area contributed by atoms with Gasteiger partial charge in [0.1, 0.15) is 23.4 Å². The average Bonchev–Trinajstić information content (AvgIpc) is 3.98. The van der Waals surface area contributed by atoms with Crippen LogP contribution < -0.4 is 21.1 Å². The molecule has 1 aliphatic heterocycles. The third kappa shape index (κ3) is 6.51. The fourth-order valence-corrected chi connectivity index (χ4v) is 8.62. The molecule has 1 fully saturated rings. The summed E-state index contributed by atoms with van der Waals surface area (Å²) in [6.07, 6.45) is 3.36. The molecule has 6 aromatic rings. The van der Waals surface area contributed by atoms with Crippen LogP contribution in [-0.4, -0.2) is 52.3 Å². The van der Waals surface area contributed by atoms with Crippen LogP contribution in [0.5, 0.6) is 5.75 Å². The number of anilines is 1. The van der Waals surface area contributed by atoms with Crippen LogP contribution in [0.15, 0.2) is 70.0 Å². The van der Waals surface area contributed by atoms with E-state index < -0.39 is 30.1 Å². The highest BCUT2D eigenvalue weighted by molar-refractivity contribution is 7.23. The fraction of sp³-hybridized carbons (Fsp3) is 0.308. The summed E-state index contributed by atoms with van der Waals surface area (Å²) in [5.74, 6) is -4.39. The summed E-state index contributed by atoms with van der Waals surface area (Å²) < 4.78 is 62.4. The van der Waals surface area contributed by atoms with Crippen molar-refractivity contribution in [2.45, 2.75) is 57.0 Å². The van der Waals surface area contributed by atoms with E-state index in [1.54, 1.807) is 43.3 Å². The van der Waals surface area contributed by atoms with E-state index in [1.807, 2.05) is 6.07 Å². The number of hydrogen-bond donors (Lipinski definition) is 3. The number of fused-ring (bicyclic) bond motifs is 2. The first-order valence-electron chi connectivity index (χ1n) is 17.6. The Balaban J connectivity index is 1.33. The molecule has 2 aliphatic rings. The Hall–Kier alpha value is -5.54. The van der Waals surface area contributed by atoms with Crippen molar-refractivity contribution in [2.75, 3.05) is 25.6 Å². The molecule has 8 rings (SSSR count). The number of esters is 1. The third-order valence-electron chi connectivity index (χ3n) is 9.88. The van der Waals surface area contributed by atoms with E-state index in [4.69, 9.17) is 18.9 Å². The van der Waals surface area contributed by atoms with Gasteiger partial charge in [0.05, 0.1) is 47.0 Å². The van der Waals surface area contributed by atoms with Gasteiger partial charge in [-0.1, -0.05) is 24.3 Å². The Labute approximate surface area is 311 Å². The van der Waals surface area contributed by atoms with Crippen molar-refractivity contribution in [1.29, 1.82) is 0 Å². The molecule has 0 spiro atoms. The number of H-pyrrole nitrogens is 1. The lowest BCUT2D eigenvalue weighted by Gasteiger charge is -2.22. The van der Waals surface area contributed by atoms with E-state index in [0.717, 1.165) is 18.5 Å². The summed E-state index contributed by atoms with van der Waals surface area (Å²) in [5, 5.41) is 13.7. The number of alkyl halides is 2. The molecule has 278 valence electrons. The predicted molar refractivity (Wildman–Crippen MR) is 197 cm³/mol. The topological polar surface area (TPSA) is 144 Å². The average molecular weight is 757 g/mol. The monoisotopic (exact) mass is 756 g/mol.